The van der Waals surface area contributed by atoms with Gasteiger partial charge in [0, 0.05) is 9.79 Å². The van der Waals surface area contributed by atoms with Crippen LogP contribution in [0.1, 0.15) is 22.3 Å². The SMILES string of the molecule is C=C1c2c3cccc2SSSc2cccc(c21)C3. The fraction of sp³-hybridized carbons (Fsp3) is 0.0667. The van der Waals surface area contributed by atoms with E-state index in [1.807, 2.05) is 31.4 Å². The first-order valence-corrected chi connectivity index (χ1v) is 9.27. The Kier molecular flexibility index (Phi) is 2.54. The number of hydrogen-bond donors (Lipinski definition) is 0. The van der Waals surface area contributed by atoms with Crippen LogP contribution < -0.4 is 0 Å². The molecule has 2 aliphatic rings. The molecule has 2 bridgehead atoms. The van der Waals surface area contributed by atoms with Crippen molar-refractivity contribution < 1.29 is 0 Å². The molecule has 0 unspecified atom stereocenters. The molecule has 0 aromatic heterocycles. The van der Waals surface area contributed by atoms with Crippen LogP contribution in [0, 0.1) is 0 Å². The summed E-state index contributed by atoms with van der Waals surface area (Å²) in [5, 5.41) is 0. The average molecular weight is 286 g/mol. The Morgan fingerprint density at radius 1 is 0.833 bits per heavy atom. The minimum Gasteiger partial charge on any atom is -0.0905 e. The molecule has 0 N–H and O–H groups in total. The van der Waals surface area contributed by atoms with Gasteiger partial charge in [0.1, 0.15) is 0 Å². The smallest absolute Gasteiger partial charge is 0.0272 e. The highest BCUT2D eigenvalue weighted by atomic mass is 33.5. The third kappa shape index (κ3) is 1.51. The van der Waals surface area contributed by atoms with Gasteiger partial charge in [0.2, 0.25) is 0 Å². The summed E-state index contributed by atoms with van der Waals surface area (Å²) in [5.41, 5.74) is 6.78. The summed E-state index contributed by atoms with van der Waals surface area (Å²) in [6, 6.07) is 13.2. The van der Waals surface area contributed by atoms with Gasteiger partial charge in [-0.2, -0.15) is 0 Å². The molecule has 2 aromatic rings. The third-order valence-corrected chi connectivity index (χ3v) is 7.34. The molecule has 0 fully saturated rings. The molecule has 0 radical (unpaired) electrons. The van der Waals surface area contributed by atoms with Gasteiger partial charge in [0.15, 0.2) is 0 Å². The van der Waals surface area contributed by atoms with Crippen molar-refractivity contribution in [3.8, 4) is 0 Å². The highest BCUT2D eigenvalue weighted by Gasteiger charge is 2.25. The second-order valence-corrected chi connectivity index (χ2v) is 8.45. The average Bonchev–Trinajstić information content (AvgIpc) is 2.37. The quantitative estimate of drug-likeness (QED) is 0.507. The molecule has 1 aliphatic heterocycles. The van der Waals surface area contributed by atoms with Gasteiger partial charge in [-0.3, -0.25) is 0 Å². The molecule has 0 nitrogen and oxygen atoms in total. The molecule has 0 saturated carbocycles. The lowest BCUT2D eigenvalue weighted by atomic mass is 9.83. The van der Waals surface area contributed by atoms with Crippen molar-refractivity contribution in [3.05, 3.63) is 65.2 Å². The molecule has 0 saturated heterocycles. The Balaban J connectivity index is 2.08. The largest absolute Gasteiger partial charge is 0.0905 e. The normalized spacial score (nSPS) is 16.1. The van der Waals surface area contributed by atoms with Gasteiger partial charge >= 0.3 is 0 Å². The van der Waals surface area contributed by atoms with E-state index in [0.717, 1.165) is 6.42 Å². The van der Waals surface area contributed by atoms with Crippen molar-refractivity contribution in [2.45, 2.75) is 16.2 Å². The van der Waals surface area contributed by atoms with E-state index in [0.29, 0.717) is 0 Å². The van der Waals surface area contributed by atoms with Crippen molar-refractivity contribution in [2.75, 3.05) is 0 Å². The van der Waals surface area contributed by atoms with Crippen LogP contribution in [0.15, 0.2) is 52.8 Å². The predicted molar refractivity (Wildman–Crippen MR) is 83.1 cm³/mol. The van der Waals surface area contributed by atoms with Gasteiger partial charge in [0.25, 0.3) is 0 Å². The summed E-state index contributed by atoms with van der Waals surface area (Å²) in [6.45, 7) is 4.36. The molecule has 4 rings (SSSR count). The van der Waals surface area contributed by atoms with Gasteiger partial charge in [-0.1, -0.05) is 30.8 Å². The van der Waals surface area contributed by atoms with Crippen molar-refractivity contribution in [2.24, 2.45) is 0 Å². The van der Waals surface area contributed by atoms with E-state index in [4.69, 9.17) is 0 Å². The topological polar surface area (TPSA) is 0 Å². The molecule has 1 heterocycles. The van der Waals surface area contributed by atoms with E-state index >= 15 is 0 Å². The zero-order valence-electron chi connectivity index (χ0n) is 9.60. The molecule has 18 heavy (non-hydrogen) atoms. The molecule has 88 valence electrons. The maximum Gasteiger partial charge on any atom is 0.0272 e. The van der Waals surface area contributed by atoms with Crippen LogP contribution in [0.25, 0.3) is 5.57 Å². The minimum atomic E-state index is 1.04. The van der Waals surface area contributed by atoms with Crippen LogP contribution >= 0.6 is 31.4 Å². The molecular weight excluding hydrogens is 276 g/mol. The standard InChI is InChI=1S/C15H10S3/c1-9-14-10-4-2-6-12(14)16-18-17-13-7-3-5-11(8-10)15(9)13/h2-7H,1,8H2. The molecule has 3 heteroatoms. The molecule has 1 aliphatic carbocycles. The van der Waals surface area contributed by atoms with Crippen LogP contribution in [0.3, 0.4) is 0 Å². The first kappa shape index (κ1) is 11.1. The van der Waals surface area contributed by atoms with Crippen LogP contribution in [0.2, 0.25) is 0 Å². The highest BCUT2D eigenvalue weighted by Crippen LogP contribution is 2.54. The fourth-order valence-electron chi connectivity index (χ4n) is 2.69. The van der Waals surface area contributed by atoms with Crippen molar-refractivity contribution in [1.29, 1.82) is 0 Å². The predicted octanol–water partition coefficient (Wildman–Crippen LogP) is 5.41. The third-order valence-electron chi connectivity index (χ3n) is 3.46. The summed E-state index contributed by atoms with van der Waals surface area (Å²) in [4.78, 5) is 2.71. The summed E-state index contributed by atoms with van der Waals surface area (Å²) in [6.07, 6.45) is 1.04. The number of rotatable bonds is 0. The Labute approximate surface area is 118 Å². The second-order valence-electron chi connectivity index (χ2n) is 4.47. The lowest BCUT2D eigenvalue weighted by molar-refractivity contribution is 1.09. The van der Waals surface area contributed by atoms with E-state index in [1.165, 1.54) is 37.6 Å². The van der Waals surface area contributed by atoms with Gasteiger partial charge in [-0.05, 0) is 77.8 Å². The molecule has 2 aromatic carbocycles. The van der Waals surface area contributed by atoms with E-state index in [-0.39, 0.29) is 0 Å². The zero-order chi connectivity index (χ0) is 12.1. The van der Waals surface area contributed by atoms with Crippen LogP contribution in [-0.4, -0.2) is 0 Å². The zero-order valence-corrected chi connectivity index (χ0v) is 12.1. The maximum absolute atomic E-state index is 4.36. The van der Waals surface area contributed by atoms with Crippen LogP contribution in [0.4, 0.5) is 0 Å². The van der Waals surface area contributed by atoms with Crippen molar-refractivity contribution >= 4 is 37.0 Å². The van der Waals surface area contributed by atoms with Gasteiger partial charge < -0.3 is 0 Å². The van der Waals surface area contributed by atoms with Crippen molar-refractivity contribution in [1.82, 2.24) is 0 Å². The molecule has 0 amide bonds. The summed E-state index contributed by atoms with van der Waals surface area (Å²) >= 11 is 0. The second kappa shape index (κ2) is 4.12. The van der Waals surface area contributed by atoms with Gasteiger partial charge in [-0.15, -0.1) is 0 Å². The Morgan fingerprint density at radius 2 is 1.39 bits per heavy atom. The van der Waals surface area contributed by atoms with E-state index in [1.54, 1.807) is 0 Å². The van der Waals surface area contributed by atoms with Gasteiger partial charge in [-0.25, -0.2) is 0 Å². The van der Waals surface area contributed by atoms with Gasteiger partial charge in [0.05, 0.1) is 0 Å². The first-order valence-electron chi connectivity index (χ1n) is 5.79. The molecule has 0 spiro atoms. The Hall–Kier alpha value is -0.770. The van der Waals surface area contributed by atoms with E-state index in [9.17, 15) is 0 Å². The van der Waals surface area contributed by atoms with E-state index < -0.39 is 0 Å². The first-order chi connectivity index (χ1) is 8.84. The highest BCUT2D eigenvalue weighted by molar-refractivity contribution is 9.09. The van der Waals surface area contributed by atoms with Crippen molar-refractivity contribution in [3.63, 3.8) is 0 Å². The van der Waals surface area contributed by atoms with Crippen LogP contribution in [-0.2, 0) is 6.42 Å². The monoisotopic (exact) mass is 286 g/mol. The molecule has 0 atom stereocenters. The fourth-order valence-corrected chi connectivity index (χ4v) is 6.82. The molecular formula is C15H10S3. The lowest BCUT2D eigenvalue weighted by Crippen LogP contribution is -2.08. The summed E-state index contributed by atoms with van der Waals surface area (Å²) in [5.74, 6) is 0. The maximum atomic E-state index is 4.36. The Bertz CT molecular complexity index is 618. The lowest BCUT2D eigenvalue weighted by Gasteiger charge is -2.27. The minimum absolute atomic E-state index is 1.04. The number of hydrogen-bond acceptors (Lipinski definition) is 3. The summed E-state index contributed by atoms with van der Waals surface area (Å²) in [7, 11) is 5.55. The van der Waals surface area contributed by atoms with E-state index in [2.05, 4.69) is 43.0 Å². The number of benzene rings is 2. The Morgan fingerprint density at radius 3 is 1.94 bits per heavy atom. The summed E-state index contributed by atoms with van der Waals surface area (Å²) < 4.78 is 0. The van der Waals surface area contributed by atoms with Crippen LogP contribution in [0.5, 0.6) is 0 Å².